The summed E-state index contributed by atoms with van der Waals surface area (Å²) < 4.78 is 11.3. The highest BCUT2D eigenvalue weighted by molar-refractivity contribution is 6.08. The van der Waals surface area contributed by atoms with Crippen LogP contribution in [0.1, 0.15) is 49.5 Å². The predicted molar refractivity (Wildman–Crippen MR) is 89.4 cm³/mol. The summed E-state index contributed by atoms with van der Waals surface area (Å²) in [4.78, 5) is 38.5. The molecule has 1 N–H and O–H groups in total. The summed E-state index contributed by atoms with van der Waals surface area (Å²) in [5, 5.41) is 2.34. The van der Waals surface area contributed by atoms with Crippen molar-refractivity contribution in [2.24, 2.45) is 0 Å². The number of piperidine rings is 1. The van der Waals surface area contributed by atoms with E-state index >= 15 is 0 Å². The van der Waals surface area contributed by atoms with Gasteiger partial charge in [-0.1, -0.05) is 0 Å². The van der Waals surface area contributed by atoms with Gasteiger partial charge in [-0.3, -0.25) is 19.7 Å². The first-order chi connectivity index (χ1) is 11.9. The second kappa shape index (κ2) is 6.38. The van der Waals surface area contributed by atoms with Gasteiger partial charge in [0.1, 0.15) is 17.0 Å². The van der Waals surface area contributed by atoms with E-state index in [0.29, 0.717) is 36.7 Å². The number of carbonyl (C=O) groups excluding carboxylic acids is 3. The van der Waals surface area contributed by atoms with Crippen molar-refractivity contribution >= 4 is 17.7 Å². The average Bonchev–Trinajstić information content (AvgIpc) is 2.93. The highest BCUT2D eigenvalue weighted by Gasteiger charge is 2.49. The number of ether oxygens (including phenoxy) is 2. The normalized spacial score (nSPS) is 22.7. The molecule has 25 heavy (non-hydrogen) atoms. The molecule has 3 amide bonds. The van der Waals surface area contributed by atoms with Crippen LogP contribution in [0.25, 0.3) is 0 Å². The second-order valence-corrected chi connectivity index (χ2v) is 6.32. The zero-order chi connectivity index (χ0) is 18.2. The fourth-order valence-electron chi connectivity index (χ4n) is 3.38. The van der Waals surface area contributed by atoms with E-state index in [1.54, 1.807) is 19.1 Å². The van der Waals surface area contributed by atoms with Crippen molar-refractivity contribution in [1.29, 1.82) is 0 Å². The van der Waals surface area contributed by atoms with Gasteiger partial charge in [0.25, 0.3) is 11.8 Å². The highest BCUT2D eigenvalue weighted by atomic mass is 16.5. The van der Waals surface area contributed by atoms with E-state index in [1.807, 2.05) is 13.8 Å². The van der Waals surface area contributed by atoms with Crippen molar-refractivity contribution in [3.05, 3.63) is 23.3 Å². The molecule has 7 nitrogen and oxygen atoms in total. The van der Waals surface area contributed by atoms with Crippen molar-refractivity contribution < 1.29 is 23.9 Å². The van der Waals surface area contributed by atoms with Gasteiger partial charge in [-0.05, 0) is 39.3 Å². The van der Waals surface area contributed by atoms with Crippen LogP contribution < -0.4 is 14.8 Å². The summed E-state index contributed by atoms with van der Waals surface area (Å²) in [6, 6.07) is 3.51. The minimum atomic E-state index is -1.07. The largest absolute Gasteiger partial charge is 0.493 e. The molecule has 1 unspecified atom stereocenters. The van der Waals surface area contributed by atoms with Crippen LogP contribution in [0.5, 0.6) is 11.5 Å². The van der Waals surface area contributed by atoms with E-state index in [1.165, 1.54) is 4.90 Å². The van der Waals surface area contributed by atoms with Crippen LogP contribution in [0.2, 0.25) is 0 Å². The predicted octanol–water partition coefficient (Wildman–Crippen LogP) is 1.64. The molecule has 2 heterocycles. The smallest absolute Gasteiger partial charge is 0.259 e. The Hall–Kier alpha value is -2.57. The van der Waals surface area contributed by atoms with E-state index in [2.05, 4.69) is 5.32 Å². The fourth-order valence-corrected chi connectivity index (χ4v) is 3.38. The first-order valence-corrected chi connectivity index (χ1v) is 8.50. The quantitative estimate of drug-likeness (QED) is 0.819. The molecule has 0 saturated carbocycles. The molecule has 0 aromatic heterocycles. The van der Waals surface area contributed by atoms with Gasteiger partial charge >= 0.3 is 0 Å². The lowest BCUT2D eigenvalue weighted by Gasteiger charge is -2.39. The Labute approximate surface area is 146 Å². The van der Waals surface area contributed by atoms with Gasteiger partial charge in [0.05, 0.1) is 25.3 Å². The molecule has 1 fully saturated rings. The van der Waals surface area contributed by atoms with Crippen LogP contribution in [0.15, 0.2) is 12.1 Å². The third-order valence-electron chi connectivity index (χ3n) is 4.78. The molecule has 1 saturated heterocycles. The number of hydrogen-bond donors (Lipinski definition) is 1. The first-order valence-electron chi connectivity index (χ1n) is 8.50. The lowest BCUT2D eigenvalue weighted by molar-refractivity contribution is -0.142. The van der Waals surface area contributed by atoms with E-state index in [-0.39, 0.29) is 24.8 Å². The summed E-state index contributed by atoms with van der Waals surface area (Å²) in [5.41, 5.74) is 0.0965. The van der Waals surface area contributed by atoms with Crippen molar-refractivity contribution in [2.45, 2.75) is 45.7 Å². The Morgan fingerprint density at radius 2 is 1.76 bits per heavy atom. The maximum atomic E-state index is 13.1. The van der Waals surface area contributed by atoms with Crippen LogP contribution in [-0.4, -0.2) is 41.4 Å². The first kappa shape index (κ1) is 17.3. The average molecular weight is 346 g/mol. The summed E-state index contributed by atoms with van der Waals surface area (Å²) >= 11 is 0. The Morgan fingerprint density at radius 1 is 1.12 bits per heavy atom. The summed E-state index contributed by atoms with van der Waals surface area (Å²) in [6.07, 6.45) is 0.504. The SMILES string of the molecule is CCOc1ccc(OCC)c2c1CN(C1(C)CCC(=O)NC1=O)C2=O. The number of carbonyl (C=O) groups is 3. The van der Waals surface area contributed by atoms with Crippen LogP contribution in [0.3, 0.4) is 0 Å². The van der Waals surface area contributed by atoms with Crippen molar-refractivity contribution in [3.8, 4) is 11.5 Å². The lowest BCUT2D eigenvalue weighted by atomic mass is 9.89. The van der Waals surface area contributed by atoms with Gasteiger partial charge in [-0.2, -0.15) is 0 Å². The number of nitrogens with one attached hydrogen (secondary N) is 1. The molecule has 1 aromatic rings. The van der Waals surface area contributed by atoms with Crippen LogP contribution >= 0.6 is 0 Å². The molecular formula is C18H22N2O5. The maximum Gasteiger partial charge on any atom is 0.259 e. The van der Waals surface area contributed by atoms with Gasteiger partial charge in [0, 0.05) is 12.0 Å². The van der Waals surface area contributed by atoms with Gasteiger partial charge in [-0.15, -0.1) is 0 Å². The van der Waals surface area contributed by atoms with Crippen molar-refractivity contribution in [3.63, 3.8) is 0 Å². The van der Waals surface area contributed by atoms with Gasteiger partial charge < -0.3 is 14.4 Å². The molecule has 134 valence electrons. The molecule has 2 aliphatic heterocycles. The number of benzene rings is 1. The van der Waals surface area contributed by atoms with Gasteiger partial charge in [0.15, 0.2) is 0 Å². The van der Waals surface area contributed by atoms with E-state index in [0.717, 1.165) is 5.56 Å². The second-order valence-electron chi connectivity index (χ2n) is 6.32. The molecule has 3 rings (SSSR count). The Bertz CT molecular complexity index is 745. The Morgan fingerprint density at radius 3 is 2.40 bits per heavy atom. The highest BCUT2D eigenvalue weighted by Crippen LogP contribution is 2.41. The molecule has 1 atom stereocenters. The summed E-state index contributed by atoms with van der Waals surface area (Å²) in [5.74, 6) is 0.0847. The third kappa shape index (κ3) is 2.73. The zero-order valence-electron chi connectivity index (χ0n) is 14.7. The minimum Gasteiger partial charge on any atom is -0.493 e. The number of hydrogen-bond acceptors (Lipinski definition) is 5. The molecule has 0 aliphatic carbocycles. The van der Waals surface area contributed by atoms with Crippen LogP contribution in [0, 0.1) is 0 Å². The monoisotopic (exact) mass is 346 g/mol. The number of fused-ring (bicyclic) bond motifs is 1. The molecule has 0 bridgehead atoms. The molecule has 0 radical (unpaired) electrons. The molecule has 2 aliphatic rings. The van der Waals surface area contributed by atoms with Gasteiger partial charge in [0.2, 0.25) is 5.91 Å². The standard InChI is InChI=1S/C18H22N2O5/c1-4-24-12-6-7-13(25-5-2)15-11(12)10-20(16(15)22)18(3)9-8-14(21)19-17(18)23/h6-7H,4-5,8-10H2,1-3H3,(H,19,21,23). The molecule has 1 aromatic carbocycles. The minimum absolute atomic E-state index is 0.207. The molecule has 7 heteroatoms. The van der Waals surface area contributed by atoms with E-state index in [4.69, 9.17) is 9.47 Å². The number of rotatable bonds is 5. The van der Waals surface area contributed by atoms with Crippen LogP contribution in [0.4, 0.5) is 0 Å². The topological polar surface area (TPSA) is 84.9 Å². The zero-order valence-corrected chi connectivity index (χ0v) is 14.7. The summed E-state index contributed by atoms with van der Waals surface area (Å²) in [7, 11) is 0. The van der Waals surface area contributed by atoms with E-state index < -0.39 is 11.4 Å². The maximum absolute atomic E-state index is 13.1. The van der Waals surface area contributed by atoms with Crippen LogP contribution in [-0.2, 0) is 16.1 Å². The van der Waals surface area contributed by atoms with Gasteiger partial charge in [-0.25, -0.2) is 0 Å². The van der Waals surface area contributed by atoms with Crippen molar-refractivity contribution in [2.75, 3.05) is 13.2 Å². The molecule has 0 spiro atoms. The fraction of sp³-hybridized carbons (Fsp3) is 0.500. The third-order valence-corrected chi connectivity index (χ3v) is 4.78. The number of nitrogens with zero attached hydrogens (tertiary/aromatic N) is 1. The Kier molecular flexibility index (Phi) is 4.41. The van der Waals surface area contributed by atoms with Crippen molar-refractivity contribution in [1.82, 2.24) is 10.2 Å². The summed E-state index contributed by atoms with van der Waals surface area (Å²) in [6.45, 7) is 6.57. The lowest BCUT2D eigenvalue weighted by Crippen LogP contribution is -2.61. The Balaban J connectivity index is 2.02. The number of amides is 3. The molecular weight excluding hydrogens is 324 g/mol. The number of imide groups is 1. The van der Waals surface area contributed by atoms with E-state index in [9.17, 15) is 14.4 Å².